The molecule has 226 valence electrons. The van der Waals surface area contributed by atoms with Crippen LogP contribution < -0.4 is 5.32 Å². The smallest absolute Gasteiger partial charge is 0.396 e. The number of hydrogen-bond acceptors (Lipinski definition) is 4. The van der Waals surface area contributed by atoms with Crippen molar-refractivity contribution >= 4 is 5.91 Å². The minimum absolute atomic E-state index is 0.104. The lowest BCUT2D eigenvalue weighted by atomic mass is 9.97. The van der Waals surface area contributed by atoms with E-state index in [2.05, 4.69) is 15.1 Å². The van der Waals surface area contributed by atoms with Crippen LogP contribution in [-0.2, 0) is 23.6 Å². The highest BCUT2D eigenvalue weighted by Gasteiger charge is 2.37. The maximum atomic E-state index is 13.4. The standard InChI is InChI=1S/C30H37F6N3O2/c31-29(32,33)24-17-22(18-25(19-24)30(34,35)36)9-12-37-28(41)27(23-5-2-1-3-6-23)38-14-10-26(11-15-38)39(13-4-16-40)20-21-7-8-21/h1-3,5-6,17-19,21,26-27,40H,4,7-16,20H2,(H,37,41)/t27-/m0/s1. The van der Waals surface area contributed by atoms with Crippen molar-refractivity contribution in [2.75, 3.05) is 39.3 Å². The number of carbonyl (C=O) groups excluding carboxylic acids is 1. The molecule has 11 heteroatoms. The average Bonchev–Trinajstić information content (AvgIpc) is 3.75. The number of rotatable bonds is 12. The molecule has 2 aromatic rings. The summed E-state index contributed by atoms with van der Waals surface area (Å²) in [6, 6.07) is 10.4. The van der Waals surface area contributed by atoms with Crippen LogP contribution in [0, 0.1) is 5.92 Å². The third-order valence-electron chi connectivity index (χ3n) is 7.90. The molecule has 2 fully saturated rings. The number of nitrogens with one attached hydrogen (secondary N) is 1. The highest BCUT2D eigenvalue weighted by molar-refractivity contribution is 5.83. The molecule has 0 spiro atoms. The number of benzene rings is 2. The van der Waals surface area contributed by atoms with E-state index in [1.807, 2.05) is 30.3 Å². The molecular weight excluding hydrogens is 548 g/mol. The Morgan fingerprint density at radius 1 is 0.951 bits per heavy atom. The van der Waals surface area contributed by atoms with Gasteiger partial charge in [-0.15, -0.1) is 0 Å². The SMILES string of the molecule is O=C(NCCc1cc(C(F)(F)F)cc(C(F)(F)F)c1)[C@H](c1ccccc1)N1CCC(N(CCCO)CC2CC2)CC1. The second kappa shape index (κ2) is 13.6. The van der Waals surface area contributed by atoms with Gasteiger partial charge in [-0.25, -0.2) is 0 Å². The van der Waals surface area contributed by atoms with Crippen molar-refractivity contribution in [3.63, 3.8) is 0 Å². The number of amides is 1. The Hall–Kier alpha value is -2.63. The van der Waals surface area contributed by atoms with Gasteiger partial charge in [0.15, 0.2) is 0 Å². The largest absolute Gasteiger partial charge is 0.416 e. The van der Waals surface area contributed by atoms with Gasteiger partial charge >= 0.3 is 12.4 Å². The van der Waals surface area contributed by atoms with Gasteiger partial charge in [0.05, 0.1) is 11.1 Å². The Bertz CT molecular complexity index is 1100. The van der Waals surface area contributed by atoms with Crippen molar-refractivity contribution in [3.05, 3.63) is 70.8 Å². The summed E-state index contributed by atoms with van der Waals surface area (Å²) in [5, 5.41) is 12.1. The van der Waals surface area contributed by atoms with Gasteiger partial charge in [-0.2, -0.15) is 26.3 Å². The molecule has 1 amide bonds. The molecule has 2 N–H and O–H groups in total. The topological polar surface area (TPSA) is 55.8 Å². The first-order valence-corrected chi connectivity index (χ1v) is 14.2. The van der Waals surface area contributed by atoms with Crippen LogP contribution in [0.3, 0.4) is 0 Å². The summed E-state index contributed by atoms with van der Waals surface area (Å²) >= 11 is 0. The van der Waals surface area contributed by atoms with Crippen LogP contribution in [0.15, 0.2) is 48.5 Å². The van der Waals surface area contributed by atoms with Crippen molar-refractivity contribution in [3.8, 4) is 0 Å². The molecule has 1 atom stereocenters. The molecule has 0 bridgehead atoms. The van der Waals surface area contributed by atoms with Crippen molar-refractivity contribution in [2.24, 2.45) is 5.92 Å². The summed E-state index contributed by atoms with van der Waals surface area (Å²) in [6.07, 6.45) is -5.10. The molecule has 0 radical (unpaired) electrons. The molecule has 4 rings (SSSR count). The lowest BCUT2D eigenvalue weighted by molar-refractivity contribution is -0.143. The summed E-state index contributed by atoms with van der Waals surface area (Å²) in [6.45, 7) is 3.24. The molecule has 1 aliphatic carbocycles. The normalized spacial score (nSPS) is 18.0. The van der Waals surface area contributed by atoms with E-state index in [0.717, 1.165) is 43.8 Å². The predicted octanol–water partition coefficient (Wildman–Crippen LogP) is 5.68. The molecule has 1 aliphatic heterocycles. The average molecular weight is 586 g/mol. The first-order chi connectivity index (χ1) is 19.5. The Kier molecular flexibility index (Phi) is 10.4. The third-order valence-corrected chi connectivity index (χ3v) is 7.90. The minimum atomic E-state index is -4.92. The number of alkyl halides is 6. The van der Waals surface area contributed by atoms with Gasteiger partial charge in [-0.05, 0) is 73.8 Å². The van der Waals surface area contributed by atoms with Crippen LogP contribution in [0.4, 0.5) is 26.3 Å². The maximum absolute atomic E-state index is 13.4. The number of aliphatic hydroxyl groups excluding tert-OH is 1. The van der Waals surface area contributed by atoms with E-state index in [1.165, 1.54) is 12.8 Å². The highest BCUT2D eigenvalue weighted by atomic mass is 19.4. The lowest BCUT2D eigenvalue weighted by Crippen LogP contribution is -2.49. The third kappa shape index (κ3) is 8.93. The van der Waals surface area contributed by atoms with E-state index in [9.17, 15) is 36.2 Å². The zero-order valence-corrected chi connectivity index (χ0v) is 22.9. The molecule has 41 heavy (non-hydrogen) atoms. The maximum Gasteiger partial charge on any atom is 0.416 e. The molecule has 5 nitrogen and oxygen atoms in total. The summed E-state index contributed by atoms with van der Waals surface area (Å²) in [4.78, 5) is 18.0. The molecule has 1 saturated heterocycles. The van der Waals surface area contributed by atoms with Crippen LogP contribution in [0.1, 0.15) is 60.4 Å². The van der Waals surface area contributed by atoms with Gasteiger partial charge < -0.3 is 10.4 Å². The summed E-state index contributed by atoms with van der Waals surface area (Å²) in [5.74, 6) is 0.381. The van der Waals surface area contributed by atoms with Gasteiger partial charge in [-0.1, -0.05) is 30.3 Å². The first kappa shape index (κ1) is 31.3. The molecular formula is C30H37F6N3O2. The van der Waals surface area contributed by atoms with E-state index in [-0.39, 0.29) is 37.1 Å². The number of nitrogens with zero attached hydrogens (tertiary/aromatic N) is 2. The number of aliphatic hydroxyl groups is 1. The number of carbonyl (C=O) groups is 1. The van der Waals surface area contributed by atoms with Gasteiger partial charge in [0.25, 0.3) is 0 Å². The first-order valence-electron chi connectivity index (χ1n) is 14.2. The van der Waals surface area contributed by atoms with E-state index in [1.54, 1.807) is 0 Å². The quantitative estimate of drug-likeness (QED) is 0.315. The lowest BCUT2D eigenvalue weighted by Gasteiger charge is -2.41. The monoisotopic (exact) mass is 585 g/mol. The van der Waals surface area contributed by atoms with Gasteiger partial charge in [-0.3, -0.25) is 14.6 Å². The number of likely N-dealkylation sites (tertiary alicyclic amines) is 1. The summed E-state index contributed by atoms with van der Waals surface area (Å²) in [5.41, 5.74) is -2.11. The molecule has 0 aromatic heterocycles. The molecule has 1 heterocycles. The van der Waals surface area contributed by atoms with Gasteiger partial charge in [0, 0.05) is 45.4 Å². The zero-order chi connectivity index (χ0) is 29.6. The minimum Gasteiger partial charge on any atom is -0.396 e. The van der Waals surface area contributed by atoms with E-state index in [0.29, 0.717) is 31.3 Å². The summed E-state index contributed by atoms with van der Waals surface area (Å²) < 4.78 is 79.4. The van der Waals surface area contributed by atoms with Crippen molar-refractivity contribution < 1.29 is 36.2 Å². The number of hydrogen-bond donors (Lipinski definition) is 2. The second-order valence-electron chi connectivity index (χ2n) is 11.1. The summed E-state index contributed by atoms with van der Waals surface area (Å²) in [7, 11) is 0. The Morgan fingerprint density at radius 2 is 1.56 bits per heavy atom. The van der Waals surface area contributed by atoms with Crippen molar-refractivity contribution in [1.29, 1.82) is 0 Å². The van der Waals surface area contributed by atoms with Crippen molar-refractivity contribution in [2.45, 2.75) is 63.0 Å². The zero-order valence-electron chi connectivity index (χ0n) is 22.9. The predicted molar refractivity (Wildman–Crippen MR) is 143 cm³/mol. The molecule has 2 aromatic carbocycles. The Balaban J connectivity index is 1.42. The van der Waals surface area contributed by atoms with Crippen LogP contribution >= 0.6 is 0 Å². The second-order valence-corrected chi connectivity index (χ2v) is 11.1. The Labute approximate surface area is 236 Å². The van der Waals surface area contributed by atoms with Crippen LogP contribution in [-0.4, -0.2) is 66.2 Å². The number of halogens is 6. The highest BCUT2D eigenvalue weighted by Crippen LogP contribution is 2.37. The van der Waals surface area contributed by atoms with Crippen LogP contribution in [0.5, 0.6) is 0 Å². The van der Waals surface area contributed by atoms with E-state index in [4.69, 9.17) is 0 Å². The van der Waals surface area contributed by atoms with E-state index < -0.39 is 29.5 Å². The fourth-order valence-corrected chi connectivity index (χ4v) is 5.59. The Morgan fingerprint density at radius 3 is 2.10 bits per heavy atom. The van der Waals surface area contributed by atoms with Crippen LogP contribution in [0.25, 0.3) is 0 Å². The van der Waals surface area contributed by atoms with Crippen molar-refractivity contribution in [1.82, 2.24) is 15.1 Å². The molecule has 2 aliphatic rings. The van der Waals surface area contributed by atoms with Crippen LogP contribution in [0.2, 0.25) is 0 Å². The number of piperidine rings is 1. The fourth-order valence-electron chi connectivity index (χ4n) is 5.59. The van der Waals surface area contributed by atoms with Gasteiger partial charge in [0.2, 0.25) is 5.91 Å². The van der Waals surface area contributed by atoms with E-state index >= 15 is 0 Å². The molecule has 1 saturated carbocycles. The molecule has 0 unspecified atom stereocenters. The van der Waals surface area contributed by atoms with Gasteiger partial charge in [0.1, 0.15) is 6.04 Å². The fraction of sp³-hybridized carbons (Fsp3) is 0.567.